The van der Waals surface area contributed by atoms with Crippen molar-refractivity contribution in [1.82, 2.24) is 4.98 Å². The van der Waals surface area contributed by atoms with Gasteiger partial charge in [-0.25, -0.2) is 4.98 Å². The van der Waals surface area contributed by atoms with E-state index < -0.39 is 0 Å². The van der Waals surface area contributed by atoms with Crippen molar-refractivity contribution in [1.29, 1.82) is 0 Å². The molecule has 6 nitrogen and oxygen atoms in total. The Morgan fingerprint density at radius 3 is 2.64 bits per heavy atom. The Morgan fingerprint density at radius 1 is 1.27 bits per heavy atom. The van der Waals surface area contributed by atoms with E-state index in [1.807, 2.05) is 19.0 Å². The van der Waals surface area contributed by atoms with Crippen LogP contribution < -0.4 is 15.5 Å². The first kappa shape index (κ1) is 16.3. The lowest BCUT2D eigenvalue weighted by Crippen LogP contribution is -2.17. The summed E-state index contributed by atoms with van der Waals surface area (Å²) in [5.74, 6) is -0.593. The van der Waals surface area contributed by atoms with Crippen LogP contribution in [0.5, 0.6) is 0 Å². The Morgan fingerprint density at radius 2 is 2.00 bits per heavy atom. The second-order valence-electron chi connectivity index (χ2n) is 4.70. The van der Waals surface area contributed by atoms with Crippen molar-refractivity contribution in [3.63, 3.8) is 0 Å². The van der Waals surface area contributed by atoms with E-state index in [0.717, 1.165) is 5.69 Å². The van der Waals surface area contributed by atoms with Gasteiger partial charge in [-0.2, -0.15) is 0 Å². The molecule has 2 amide bonds. The molecule has 0 atom stereocenters. The van der Waals surface area contributed by atoms with E-state index in [4.69, 9.17) is 11.6 Å². The minimum absolute atomic E-state index is 0.231. The van der Waals surface area contributed by atoms with Crippen molar-refractivity contribution in [3.8, 4) is 0 Å². The average molecular weight is 339 g/mol. The van der Waals surface area contributed by atoms with Crippen molar-refractivity contribution < 1.29 is 9.59 Å². The molecule has 2 rings (SSSR count). The Hall–Kier alpha value is -2.12. The third-order valence-corrected chi connectivity index (χ3v) is 3.76. The highest BCUT2D eigenvalue weighted by Gasteiger charge is 2.15. The number of aromatic nitrogens is 1. The Kier molecular flexibility index (Phi) is 4.99. The summed E-state index contributed by atoms with van der Waals surface area (Å²) >= 11 is 7.35. The zero-order chi connectivity index (χ0) is 16.3. The molecular formula is C14H15ClN4O2S. The quantitative estimate of drug-likeness (QED) is 0.898. The van der Waals surface area contributed by atoms with Crippen LogP contribution in [0.1, 0.15) is 17.4 Å². The number of benzene rings is 1. The minimum atomic E-state index is -0.363. The van der Waals surface area contributed by atoms with Crippen LogP contribution in [0, 0.1) is 0 Å². The molecule has 0 aliphatic carbocycles. The third kappa shape index (κ3) is 3.75. The summed E-state index contributed by atoms with van der Waals surface area (Å²) in [6.45, 7) is 1.39. The monoisotopic (exact) mass is 338 g/mol. The van der Waals surface area contributed by atoms with Gasteiger partial charge in [-0.15, -0.1) is 11.3 Å². The number of anilines is 3. The van der Waals surface area contributed by atoms with E-state index in [0.29, 0.717) is 15.8 Å². The first-order valence-corrected chi connectivity index (χ1v) is 7.64. The first-order valence-electron chi connectivity index (χ1n) is 6.38. The molecule has 116 valence electrons. The molecule has 0 radical (unpaired) electrons. The number of carbonyl (C=O) groups is 2. The molecule has 2 aromatic rings. The van der Waals surface area contributed by atoms with Crippen molar-refractivity contribution in [3.05, 3.63) is 34.3 Å². The van der Waals surface area contributed by atoms with Crippen LogP contribution in [-0.4, -0.2) is 30.9 Å². The molecule has 1 heterocycles. The number of hydrogen-bond acceptors (Lipinski definition) is 5. The highest BCUT2D eigenvalue weighted by molar-refractivity contribution is 7.14. The predicted molar refractivity (Wildman–Crippen MR) is 90.1 cm³/mol. The largest absolute Gasteiger partial charge is 0.375 e. The Labute approximate surface area is 137 Å². The van der Waals surface area contributed by atoms with Gasteiger partial charge in [0.15, 0.2) is 5.13 Å². The maximum Gasteiger partial charge on any atom is 0.275 e. The van der Waals surface area contributed by atoms with Gasteiger partial charge >= 0.3 is 0 Å². The number of thiazole rings is 1. The molecule has 1 aromatic heterocycles. The Bertz CT molecular complexity index is 715. The van der Waals surface area contributed by atoms with Crippen molar-refractivity contribution >= 4 is 51.3 Å². The molecule has 2 N–H and O–H groups in total. The van der Waals surface area contributed by atoms with Gasteiger partial charge in [0.2, 0.25) is 5.91 Å². The lowest BCUT2D eigenvalue weighted by Gasteiger charge is -2.19. The van der Waals surface area contributed by atoms with Gasteiger partial charge in [0.05, 0.1) is 16.4 Å². The lowest BCUT2D eigenvalue weighted by molar-refractivity contribution is -0.114. The van der Waals surface area contributed by atoms with Crippen molar-refractivity contribution in [2.24, 2.45) is 0 Å². The van der Waals surface area contributed by atoms with Gasteiger partial charge in [0, 0.05) is 26.4 Å². The maximum absolute atomic E-state index is 12.3. The van der Waals surface area contributed by atoms with Gasteiger partial charge in [-0.05, 0) is 12.1 Å². The van der Waals surface area contributed by atoms with E-state index >= 15 is 0 Å². The molecule has 0 saturated carbocycles. The number of para-hydroxylation sites is 1. The molecule has 0 aliphatic heterocycles. The van der Waals surface area contributed by atoms with E-state index in [2.05, 4.69) is 15.6 Å². The van der Waals surface area contributed by atoms with E-state index in [1.165, 1.54) is 18.3 Å². The number of carbonyl (C=O) groups excluding carboxylic acids is 2. The van der Waals surface area contributed by atoms with Gasteiger partial charge in [-0.1, -0.05) is 17.7 Å². The van der Waals surface area contributed by atoms with Crippen LogP contribution in [0.25, 0.3) is 0 Å². The topological polar surface area (TPSA) is 74.3 Å². The molecule has 1 aromatic carbocycles. The van der Waals surface area contributed by atoms with Gasteiger partial charge in [0.25, 0.3) is 5.91 Å². The molecule has 0 fully saturated rings. The van der Waals surface area contributed by atoms with Gasteiger partial charge in [-0.3, -0.25) is 9.59 Å². The number of halogens is 1. The van der Waals surface area contributed by atoms with Crippen LogP contribution in [0.4, 0.5) is 16.5 Å². The van der Waals surface area contributed by atoms with Gasteiger partial charge in [0.1, 0.15) is 5.69 Å². The summed E-state index contributed by atoms with van der Waals surface area (Å²) in [4.78, 5) is 29.1. The van der Waals surface area contributed by atoms with Crippen molar-refractivity contribution in [2.45, 2.75) is 6.92 Å². The summed E-state index contributed by atoms with van der Waals surface area (Å²) in [7, 11) is 3.68. The molecular weight excluding hydrogens is 324 g/mol. The second-order valence-corrected chi connectivity index (χ2v) is 5.97. The lowest BCUT2D eigenvalue weighted by atomic mass is 10.2. The van der Waals surface area contributed by atoms with Crippen LogP contribution in [-0.2, 0) is 4.79 Å². The molecule has 22 heavy (non-hydrogen) atoms. The maximum atomic E-state index is 12.3. The predicted octanol–water partition coefficient (Wildman–Crippen LogP) is 3.07. The van der Waals surface area contributed by atoms with E-state index in [-0.39, 0.29) is 17.5 Å². The highest BCUT2D eigenvalue weighted by Crippen LogP contribution is 2.32. The normalized spacial score (nSPS) is 10.2. The molecule has 0 spiro atoms. The second kappa shape index (κ2) is 6.76. The van der Waals surface area contributed by atoms with E-state index in [1.54, 1.807) is 23.6 Å². The van der Waals surface area contributed by atoms with Gasteiger partial charge < -0.3 is 15.5 Å². The molecule has 0 unspecified atom stereocenters. The van der Waals surface area contributed by atoms with Crippen LogP contribution in [0.15, 0.2) is 23.6 Å². The van der Waals surface area contributed by atoms with Crippen molar-refractivity contribution in [2.75, 3.05) is 29.6 Å². The zero-order valence-electron chi connectivity index (χ0n) is 12.3. The summed E-state index contributed by atoms with van der Waals surface area (Å²) in [6.07, 6.45) is 0. The van der Waals surface area contributed by atoms with E-state index in [9.17, 15) is 9.59 Å². The molecule has 0 bridgehead atoms. The molecule has 0 saturated heterocycles. The van der Waals surface area contributed by atoms with Crippen LogP contribution >= 0.6 is 22.9 Å². The Balaban J connectivity index is 2.21. The number of rotatable bonds is 4. The standard InChI is InChI=1S/C14H15ClN4O2S/c1-8(20)16-14-18-11(7-22-14)13(21)17-10-6-4-5-9(15)12(10)19(2)3/h4-7H,1-3H3,(H,17,21)(H,16,18,20). The smallest absolute Gasteiger partial charge is 0.275 e. The highest BCUT2D eigenvalue weighted by atomic mass is 35.5. The molecule has 0 aliphatic rings. The third-order valence-electron chi connectivity index (χ3n) is 2.70. The fourth-order valence-corrected chi connectivity index (χ4v) is 2.92. The summed E-state index contributed by atoms with van der Waals surface area (Å²) in [5, 5.41) is 7.84. The van der Waals surface area contributed by atoms with Crippen LogP contribution in [0.3, 0.4) is 0 Å². The minimum Gasteiger partial charge on any atom is -0.375 e. The number of nitrogens with one attached hydrogen (secondary N) is 2. The summed E-state index contributed by atoms with van der Waals surface area (Å²) in [5.41, 5.74) is 1.55. The number of hydrogen-bond donors (Lipinski definition) is 2. The molecule has 8 heteroatoms. The summed E-state index contributed by atoms with van der Waals surface area (Å²) in [6, 6.07) is 5.28. The van der Waals surface area contributed by atoms with Crippen LogP contribution in [0.2, 0.25) is 5.02 Å². The number of nitrogens with zero attached hydrogens (tertiary/aromatic N) is 2. The SMILES string of the molecule is CC(=O)Nc1nc(C(=O)Nc2cccc(Cl)c2N(C)C)cs1. The number of amides is 2. The average Bonchev–Trinajstić information content (AvgIpc) is 2.86. The fraction of sp³-hybridized carbons (Fsp3) is 0.214. The summed E-state index contributed by atoms with van der Waals surface area (Å²) < 4.78 is 0. The fourth-order valence-electron chi connectivity index (χ4n) is 1.84. The zero-order valence-corrected chi connectivity index (χ0v) is 13.9. The first-order chi connectivity index (χ1) is 10.4.